The van der Waals surface area contributed by atoms with E-state index in [0.717, 1.165) is 22.7 Å². The average Bonchev–Trinajstić information content (AvgIpc) is 3.02. The van der Waals surface area contributed by atoms with Gasteiger partial charge in [0.25, 0.3) is 5.91 Å². The third-order valence-electron chi connectivity index (χ3n) is 4.19. The highest BCUT2D eigenvalue weighted by Crippen LogP contribution is 2.28. The zero-order chi connectivity index (χ0) is 22.3. The molecule has 30 heavy (non-hydrogen) atoms. The number of nitrogens with zero attached hydrogens (tertiary/aromatic N) is 5. The monoisotopic (exact) mass is 441 g/mol. The van der Waals surface area contributed by atoms with Gasteiger partial charge in [-0.05, 0) is 27.7 Å². The molecule has 1 aliphatic rings. The van der Waals surface area contributed by atoms with Crippen molar-refractivity contribution in [2.24, 2.45) is 0 Å². The van der Waals surface area contributed by atoms with Crippen molar-refractivity contribution in [3.05, 3.63) is 29.4 Å². The fraction of sp³-hybridized carbons (Fsp3) is 0.500. The van der Waals surface area contributed by atoms with Crippen LogP contribution in [0, 0.1) is 5.82 Å². The van der Waals surface area contributed by atoms with Gasteiger partial charge in [-0.3, -0.25) is 9.69 Å². The predicted octanol–water partition coefficient (Wildman–Crippen LogP) is 1.28. The second-order valence-electron chi connectivity index (χ2n) is 7.87. The molecule has 1 N–H and O–H groups in total. The zero-order valence-corrected chi connectivity index (χ0v) is 17.6. The summed E-state index contributed by atoms with van der Waals surface area (Å²) in [5, 5.41) is 22.1. The van der Waals surface area contributed by atoms with Gasteiger partial charge in [-0.25, -0.2) is 13.9 Å². The molecule has 0 unspecified atom stereocenters. The number of aliphatic hydroxyl groups is 1. The van der Waals surface area contributed by atoms with Crippen LogP contribution in [0.3, 0.4) is 0 Å². The number of halogens is 2. The van der Waals surface area contributed by atoms with Crippen molar-refractivity contribution >= 4 is 29.3 Å². The normalized spacial score (nSPS) is 19.5. The minimum absolute atomic E-state index is 0.0248. The van der Waals surface area contributed by atoms with Crippen LogP contribution in [0.2, 0.25) is 5.15 Å². The molecule has 162 valence electrons. The van der Waals surface area contributed by atoms with Crippen molar-refractivity contribution in [3.63, 3.8) is 0 Å². The van der Waals surface area contributed by atoms with Gasteiger partial charge < -0.3 is 14.6 Å². The number of hydrogen-bond donors (Lipinski definition) is 1. The first-order valence-corrected chi connectivity index (χ1v) is 9.40. The molecule has 12 heteroatoms. The number of esters is 1. The topological polar surface area (TPSA) is 120 Å². The van der Waals surface area contributed by atoms with Crippen LogP contribution < -0.4 is 4.90 Å². The van der Waals surface area contributed by atoms with E-state index in [9.17, 15) is 19.1 Å². The SMILES string of the molecule is CC(C)(C)OC(=O)[C@](C)(O)[C@H]1OCCN(c2nn(-c3cnnc(Cl)c3)cc2F)C1=O. The van der Waals surface area contributed by atoms with Crippen LogP contribution in [0.5, 0.6) is 0 Å². The Morgan fingerprint density at radius 2 is 2.10 bits per heavy atom. The van der Waals surface area contributed by atoms with Crippen LogP contribution in [0.15, 0.2) is 18.5 Å². The number of anilines is 1. The van der Waals surface area contributed by atoms with E-state index in [1.54, 1.807) is 20.8 Å². The molecule has 1 saturated heterocycles. The zero-order valence-electron chi connectivity index (χ0n) is 16.8. The molecule has 2 atom stereocenters. The first-order chi connectivity index (χ1) is 13.9. The maximum Gasteiger partial charge on any atom is 0.341 e. The van der Waals surface area contributed by atoms with E-state index >= 15 is 0 Å². The maximum absolute atomic E-state index is 14.6. The molecule has 10 nitrogen and oxygen atoms in total. The van der Waals surface area contributed by atoms with Gasteiger partial charge in [-0.1, -0.05) is 11.6 Å². The van der Waals surface area contributed by atoms with Gasteiger partial charge in [0.15, 0.2) is 28.5 Å². The van der Waals surface area contributed by atoms with Crippen LogP contribution in [0.1, 0.15) is 27.7 Å². The van der Waals surface area contributed by atoms with Crippen LogP contribution in [-0.2, 0) is 19.1 Å². The van der Waals surface area contributed by atoms with Crippen LogP contribution in [0.25, 0.3) is 5.69 Å². The van der Waals surface area contributed by atoms with Gasteiger partial charge in [-0.2, -0.15) is 5.10 Å². The largest absolute Gasteiger partial charge is 0.458 e. The lowest BCUT2D eigenvalue weighted by atomic mass is 9.96. The van der Waals surface area contributed by atoms with E-state index in [4.69, 9.17) is 21.1 Å². The van der Waals surface area contributed by atoms with E-state index in [0.29, 0.717) is 5.69 Å². The summed E-state index contributed by atoms with van der Waals surface area (Å²) in [6, 6.07) is 1.42. The molecule has 3 rings (SSSR count). The van der Waals surface area contributed by atoms with Crippen LogP contribution >= 0.6 is 11.6 Å². The molecule has 0 aromatic carbocycles. The van der Waals surface area contributed by atoms with Crippen molar-refractivity contribution < 1.29 is 28.6 Å². The predicted molar refractivity (Wildman–Crippen MR) is 103 cm³/mol. The summed E-state index contributed by atoms with van der Waals surface area (Å²) < 4.78 is 26.3. The number of carbonyl (C=O) groups is 2. The van der Waals surface area contributed by atoms with E-state index in [1.807, 2.05) is 0 Å². The van der Waals surface area contributed by atoms with Crippen molar-refractivity contribution in [2.75, 3.05) is 18.1 Å². The molecule has 0 radical (unpaired) electrons. The molecular formula is C18H21ClFN5O5. The number of carbonyl (C=O) groups excluding carboxylic acids is 2. The quantitative estimate of drug-likeness (QED) is 0.704. The summed E-state index contributed by atoms with van der Waals surface area (Å²) in [5.74, 6) is -2.94. The van der Waals surface area contributed by atoms with E-state index in [1.165, 1.54) is 12.3 Å². The molecule has 1 aliphatic heterocycles. The molecule has 2 aromatic rings. The Labute approximate surface area is 176 Å². The van der Waals surface area contributed by atoms with E-state index < -0.39 is 35.0 Å². The molecule has 3 heterocycles. The Hall–Kier alpha value is -2.63. The van der Waals surface area contributed by atoms with Gasteiger partial charge in [0, 0.05) is 6.07 Å². The maximum atomic E-state index is 14.6. The first kappa shape index (κ1) is 22.1. The van der Waals surface area contributed by atoms with Crippen molar-refractivity contribution in [1.82, 2.24) is 20.0 Å². The Morgan fingerprint density at radius 3 is 2.73 bits per heavy atom. The number of rotatable bonds is 4. The average molecular weight is 442 g/mol. The first-order valence-electron chi connectivity index (χ1n) is 9.03. The highest BCUT2D eigenvalue weighted by atomic mass is 35.5. The summed E-state index contributed by atoms with van der Waals surface area (Å²) in [4.78, 5) is 26.4. The number of ether oxygens (including phenoxy) is 2. The minimum atomic E-state index is -2.29. The molecule has 0 saturated carbocycles. The second-order valence-corrected chi connectivity index (χ2v) is 8.26. The number of hydrogen-bond acceptors (Lipinski definition) is 8. The summed E-state index contributed by atoms with van der Waals surface area (Å²) in [5.41, 5.74) is -2.84. The fourth-order valence-electron chi connectivity index (χ4n) is 2.80. The number of amides is 1. The van der Waals surface area contributed by atoms with Gasteiger partial charge in [0.2, 0.25) is 0 Å². The Balaban J connectivity index is 1.88. The van der Waals surface area contributed by atoms with Crippen molar-refractivity contribution in [1.29, 1.82) is 0 Å². The standard InChI is InChI=1S/C18H21ClFN5O5/c1-17(2,3)30-16(27)18(4,28)13-15(26)24(5-6-29-13)14-11(20)9-25(23-14)10-7-12(19)22-21-8-10/h7-9,13,28H,5-6H2,1-4H3/t13-,18+/m0/s1. The van der Waals surface area contributed by atoms with Crippen LogP contribution in [0.4, 0.5) is 10.2 Å². The second kappa shape index (κ2) is 7.89. The lowest BCUT2D eigenvalue weighted by Gasteiger charge is -2.38. The highest BCUT2D eigenvalue weighted by molar-refractivity contribution is 6.29. The minimum Gasteiger partial charge on any atom is -0.458 e. The van der Waals surface area contributed by atoms with Gasteiger partial charge in [0.1, 0.15) is 5.60 Å². The molecular weight excluding hydrogens is 421 g/mol. The summed E-state index contributed by atoms with van der Waals surface area (Å²) in [6.07, 6.45) is 0.772. The lowest BCUT2D eigenvalue weighted by Crippen LogP contribution is -2.61. The third kappa shape index (κ3) is 4.42. The Kier molecular flexibility index (Phi) is 5.81. The molecule has 2 aromatic heterocycles. The fourth-order valence-corrected chi connectivity index (χ4v) is 2.96. The Morgan fingerprint density at radius 1 is 1.40 bits per heavy atom. The van der Waals surface area contributed by atoms with Crippen LogP contribution in [-0.4, -0.2) is 67.4 Å². The molecule has 1 fully saturated rings. The van der Waals surface area contributed by atoms with Gasteiger partial charge >= 0.3 is 5.97 Å². The summed E-state index contributed by atoms with van der Waals surface area (Å²) >= 11 is 5.80. The van der Waals surface area contributed by atoms with E-state index in [2.05, 4.69) is 15.3 Å². The lowest BCUT2D eigenvalue weighted by molar-refractivity contribution is -0.194. The Bertz CT molecular complexity index is 974. The molecule has 1 amide bonds. The molecule has 0 spiro atoms. The molecule has 0 aliphatic carbocycles. The summed E-state index contributed by atoms with van der Waals surface area (Å²) in [6.45, 7) is 5.91. The van der Waals surface area contributed by atoms with Gasteiger partial charge in [-0.15, -0.1) is 10.2 Å². The highest BCUT2D eigenvalue weighted by Gasteiger charge is 2.51. The smallest absolute Gasteiger partial charge is 0.341 e. The van der Waals surface area contributed by atoms with Crippen molar-refractivity contribution in [3.8, 4) is 5.69 Å². The third-order valence-corrected chi connectivity index (χ3v) is 4.38. The summed E-state index contributed by atoms with van der Waals surface area (Å²) in [7, 11) is 0. The van der Waals surface area contributed by atoms with Gasteiger partial charge in [0.05, 0.1) is 31.2 Å². The number of aromatic nitrogens is 4. The number of morpholine rings is 1. The van der Waals surface area contributed by atoms with Crippen molar-refractivity contribution in [2.45, 2.75) is 45.0 Å². The molecule has 0 bridgehead atoms. The van der Waals surface area contributed by atoms with E-state index in [-0.39, 0.29) is 24.1 Å².